The van der Waals surface area contributed by atoms with Crippen LogP contribution in [-0.4, -0.2) is 74.5 Å². The summed E-state index contributed by atoms with van der Waals surface area (Å²) in [6.45, 7) is 7.39. The Morgan fingerprint density at radius 2 is 1.93 bits per heavy atom. The van der Waals surface area contributed by atoms with Crippen molar-refractivity contribution in [2.24, 2.45) is 0 Å². The summed E-state index contributed by atoms with van der Waals surface area (Å²) in [5.74, 6) is -0.159. The molecule has 11 nitrogen and oxygen atoms in total. The van der Waals surface area contributed by atoms with Crippen LogP contribution in [0.4, 0.5) is 5.82 Å². The first-order valence-electron chi connectivity index (χ1n) is 13.0. The van der Waals surface area contributed by atoms with Crippen molar-refractivity contribution in [1.29, 1.82) is 0 Å². The SMILES string of the molecule is CC(C)(C)OC=O.COC(=O)C1CN(Cc2c3c4cc(Cl)ccc4n2-3)CC(=O)N1Cc1ccc2c(N)ncnc2c1. The lowest BCUT2D eigenvalue weighted by atomic mass is 10.1. The molecule has 1 aromatic heterocycles. The van der Waals surface area contributed by atoms with E-state index < -0.39 is 12.0 Å². The molecule has 1 fully saturated rings. The molecular formula is C29H31ClN6O5. The fourth-order valence-electron chi connectivity index (χ4n) is 5.02. The standard InChI is InChI=1S/C24H21ClN6O3.C5H10O2/c1-34-24(33)20-10-29(9-19-22-16-7-14(25)3-5-18(16)31(19)22)11-21(32)30(20)8-13-2-4-15-17(6-13)27-12-28-23(15)26;1-5(2,3)7-4-6/h2-7,12,20H,8-11H2,1H3,(H2,26,27,28);4H,1-3H3. The number of hydrogen-bond acceptors (Lipinski definition) is 9. The van der Waals surface area contributed by atoms with E-state index in [2.05, 4.69) is 19.3 Å². The normalized spacial score (nSPS) is 16.4. The number of piperazine rings is 1. The number of carbonyl (C=O) groups is 3. The van der Waals surface area contributed by atoms with Crippen molar-refractivity contribution in [2.45, 2.75) is 45.5 Å². The maximum absolute atomic E-state index is 13.2. The van der Waals surface area contributed by atoms with Crippen LogP contribution >= 0.6 is 11.6 Å². The number of esters is 1. The third kappa shape index (κ3) is 5.82. The van der Waals surface area contributed by atoms with Crippen molar-refractivity contribution in [2.75, 3.05) is 25.9 Å². The van der Waals surface area contributed by atoms with E-state index in [0.29, 0.717) is 35.9 Å². The first kappa shape index (κ1) is 28.3. The monoisotopic (exact) mass is 578 g/mol. The van der Waals surface area contributed by atoms with Gasteiger partial charge in [0.05, 0.1) is 36.1 Å². The molecule has 214 valence electrons. The Bertz CT molecular complexity index is 1660. The third-order valence-corrected chi connectivity index (χ3v) is 7.23. The van der Waals surface area contributed by atoms with Gasteiger partial charge in [0.25, 0.3) is 6.47 Å². The Morgan fingerprint density at radius 1 is 1.15 bits per heavy atom. The van der Waals surface area contributed by atoms with Gasteiger partial charge in [-0.2, -0.15) is 0 Å². The largest absolute Gasteiger partial charge is 0.467 e. The van der Waals surface area contributed by atoms with E-state index in [1.807, 2.05) is 62.1 Å². The highest BCUT2D eigenvalue weighted by Crippen LogP contribution is 2.46. The van der Waals surface area contributed by atoms with Gasteiger partial charge in [-0.25, -0.2) is 14.8 Å². The van der Waals surface area contributed by atoms with Crippen LogP contribution in [0.1, 0.15) is 32.0 Å². The van der Waals surface area contributed by atoms with Gasteiger partial charge in [-0.1, -0.05) is 17.7 Å². The minimum atomic E-state index is -0.703. The molecule has 0 radical (unpaired) electrons. The van der Waals surface area contributed by atoms with E-state index in [0.717, 1.165) is 27.5 Å². The van der Waals surface area contributed by atoms with Gasteiger partial charge in [-0.15, -0.1) is 0 Å². The van der Waals surface area contributed by atoms with Gasteiger partial charge in [-0.3, -0.25) is 14.5 Å². The van der Waals surface area contributed by atoms with Crippen molar-refractivity contribution in [1.82, 2.24) is 24.3 Å². The second kappa shape index (κ2) is 11.0. The summed E-state index contributed by atoms with van der Waals surface area (Å²) in [4.78, 5) is 47.3. The second-order valence-electron chi connectivity index (χ2n) is 11.0. The first-order chi connectivity index (χ1) is 19.5. The van der Waals surface area contributed by atoms with Crippen molar-refractivity contribution in [3.05, 3.63) is 59.0 Å². The van der Waals surface area contributed by atoms with E-state index >= 15 is 0 Å². The summed E-state index contributed by atoms with van der Waals surface area (Å²) in [6.07, 6.45) is 1.41. The van der Waals surface area contributed by atoms with Crippen molar-refractivity contribution in [3.8, 4) is 5.69 Å². The molecule has 12 heteroatoms. The maximum atomic E-state index is 13.2. The minimum Gasteiger partial charge on any atom is -0.467 e. The maximum Gasteiger partial charge on any atom is 0.329 e. The second-order valence-corrected chi connectivity index (χ2v) is 11.4. The van der Waals surface area contributed by atoms with Crippen molar-refractivity contribution in [3.63, 3.8) is 0 Å². The fraction of sp³-hybridized carbons (Fsp3) is 0.345. The summed E-state index contributed by atoms with van der Waals surface area (Å²) in [5.41, 5.74) is 10.6. The van der Waals surface area contributed by atoms with Crippen LogP contribution in [0.3, 0.4) is 0 Å². The number of aromatic nitrogens is 3. The molecule has 3 aliphatic rings. The van der Waals surface area contributed by atoms with E-state index in [-0.39, 0.29) is 24.6 Å². The molecule has 0 spiro atoms. The summed E-state index contributed by atoms with van der Waals surface area (Å²) < 4.78 is 11.8. The molecule has 0 bridgehead atoms. The molecule has 1 saturated heterocycles. The molecule has 4 heterocycles. The van der Waals surface area contributed by atoms with Crippen LogP contribution in [0, 0.1) is 0 Å². The summed E-state index contributed by atoms with van der Waals surface area (Å²) in [7, 11) is 1.34. The third-order valence-electron chi connectivity index (χ3n) is 6.99. The molecule has 2 N–H and O–H groups in total. The summed E-state index contributed by atoms with van der Waals surface area (Å²) >= 11 is 6.12. The highest BCUT2D eigenvalue weighted by molar-refractivity contribution is 6.31. The molecule has 1 unspecified atom stereocenters. The van der Waals surface area contributed by atoms with E-state index in [1.165, 1.54) is 19.1 Å². The van der Waals surface area contributed by atoms with Crippen LogP contribution in [0.25, 0.3) is 27.5 Å². The Kier molecular flexibility index (Phi) is 7.58. The van der Waals surface area contributed by atoms with Crippen LogP contribution in [0.2, 0.25) is 5.02 Å². The Hall–Kier alpha value is -4.22. The number of carbonyl (C=O) groups excluding carboxylic acids is 3. The number of hydrogen-bond donors (Lipinski definition) is 1. The van der Waals surface area contributed by atoms with Crippen molar-refractivity contribution < 1.29 is 23.9 Å². The molecular weight excluding hydrogens is 548 g/mol. The van der Waals surface area contributed by atoms with Crippen molar-refractivity contribution >= 4 is 57.6 Å². The number of nitrogens with two attached hydrogens (primary N) is 1. The number of nitrogens with zero attached hydrogens (tertiary/aromatic N) is 5. The predicted molar refractivity (Wildman–Crippen MR) is 154 cm³/mol. The fourth-order valence-corrected chi connectivity index (χ4v) is 5.19. The van der Waals surface area contributed by atoms with Gasteiger partial charge in [0.15, 0.2) is 0 Å². The topological polar surface area (TPSA) is 133 Å². The first-order valence-corrected chi connectivity index (χ1v) is 13.4. The van der Waals surface area contributed by atoms with E-state index in [1.54, 1.807) is 4.90 Å². The van der Waals surface area contributed by atoms with Crippen LogP contribution in [-0.2, 0) is 36.9 Å². The Labute approximate surface area is 241 Å². The molecule has 3 aliphatic heterocycles. The molecule has 6 rings (SSSR count). The smallest absolute Gasteiger partial charge is 0.329 e. The van der Waals surface area contributed by atoms with Gasteiger partial charge in [0, 0.05) is 35.4 Å². The lowest BCUT2D eigenvalue weighted by Gasteiger charge is -2.39. The predicted octanol–water partition coefficient (Wildman–Crippen LogP) is 3.47. The highest BCUT2D eigenvalue weighted by Gasteiger charge is 2.40. The number of amides is 1. The zero-order chi connectivity index (χ0) is 29.5. The lowest BCUT2D eigenvalue weighted by molar-refractivity contribution is -0.159. The van der Waals surface area contributed by atoms with Gasteiger partial charge in [0.1, 0.15) is 23.8 Å². The number of ether oxygens (including phenoxy) is 2. The molecule has 1 amide bonds. The minimum absolute atomic E-state index is 0.127. The lowest BCUT2D eigenvalue weighted by Crippen LogP contribution is -2.58. The molecule has 2 aromatic carbocycles. The Balaban J connectivity index is 0.000000431. The zero-order valence-electron chi connectivity index (χ0n) is 23.3. The number of benzene rings is 2. The van der Waals surface area contributed by atoms with E-state index in [9.17, 15) is 14.4 Å². The highest BCUT2D eigenvalue weighted by atomic mass is 35.5. The molecule has 1 atom stereocenters. The van der Waals surface area contributed by atoms with Crippen LogP contribution in [0.5, 0.6) is 0 Å². The Morgan fingerprint density at radius 3 is 2.61 bits per heavy atom. The summed E-state index contributed by atoms with van der Waals surface area (Å²) in [6, 6.07) is 10.7. The van der Waals surface area contributed by atoms with E-state index in [4.69, 9.17) is 22.1 Å². The van der Waals surface area contributed by atoms with Gasteiger partial charge < -0.3 is 24.7 Å². The quantitative estimate of drug-likeness (QED) is 0.237. The van der Waals surface area contributed by atoms with Gasteiger partial charge in [0.2, 0.25) is 5.91 Å². The number of anilines is 1. The number of fused-ring (bicyclic) bond motifs is 5. The number of nitrogen functional groups attached to an aromatic ring is 1. The van der Waals surface area contributed by atoms with Crippen LogP contribution < -0.4 is 5.73 Å². The number of halogens is 1. The summed E-state index contributed by atoms with van der Waals surface area (Å²) in [5, 5.41) is 2.59. The van der Waals surface area contributed by atoms with Gasteiger partial charge in [-0.05, 0) is 56.7 Å². The number of rotatable bonds is 6. The zero-order valence-corrected chi connectivity index (χ0v) is 24.0. The molecule has 0 aliphatic carbocycles. The average Bonchev–Trinajstić information content (AvgIpc) is 3.54. The molecule has 3 aromatic rings. The number of methoxy groups -OCH3 is 1. The average molecular weight is 579 g/mol. The molecule has 41 heavy (non-hydrogen) atoms. The molecule has 0 saturated carbocycles. The van der Waals surface area contributed by atoms with Crippen LogP contribution in [0.15, 0.2) is 42.7 Å². The van der Waals surface area contributed by atoms with Gasteiger partial charge >= 0.3 is 5.97 Å².